The van der Waals surface area contributed by atoms with Crippen molar-refractivity contribution in [1.29, 1.82) is 0 Å². The smallest absolute Gasteiger partial charge is 0.227 e. The van der Waals surface area contributed by atoms with Crippen LogP contribution in [0.25, 0.3) is 0 Å². The Labute approximate surface area is 312 Å². The van der Waals surface area contributed by atoms with E-state index in [0.717, 1.165) is 44.8 Å². The minimum absolute atomic E-state index is 0.0942. The van der Waals surface area contributed by atoms with Crippen LogP contribution in [0.4, 0.5) is 11.4 Å². The maximum Gasteiger partial charge on any atom is 0.227 e. The summed E-state index contributed by atoms with van der Waals surface area (Å²) in [6.45, 7) is 1.75. The zero-order valence-electron chi connectivity index (χ0n) is 28.7. The van der Waals surface area contributed by atoms with Crippen LogP contribution in [0.5, 0.6) is 0 Å². The zero-order valence-corrected chi connectivity index (χ0v) is 30.3. The van der Waals surface area contributed by atoms with E-state index >= 15 is 0 Å². The maximum atomic E-state index is 13.4. The molecule has 2 heterocycles. The summed E-state index contributed by atoms with van der Waals surface area (Å²) in [6, 6.07) is 30.8. The van der Waals surface area contributed by atoms with Crippen molar-refractivity contribution in [3.8, 4) is 23.7 Å². The lowest BCUT2D eigenvalue weighted by Gasteiger charge is -2.26. The van der Waals surface area contributed by atoms with Gasteiger partial charge in [0.1, 0.15) is 0 Å². The van der Waals surface area contributed by atoms with Crippen molar-refractivity contribution in [1.82, 2.24) is 10.6 Å². The number of anilines is 2. The van der Waals surface area contributed by atoms with Crippen molar-refractivity contribution in [2.75, 3.05) is 34.4 Å². The van der Waals surface area contributed by atoms with Crippen molar-refractivity contribution in [3.63, 3.8) is 0 Å². The molecule has 0 aliphatic carbocycles. The van der Waals surface area contributed by atoms with Gasteiger partial charge in [-0.1, -0.05) is 106 Å². The number of nitrogens with one attached hydrogen (secondary N) is 2. The molecule has 2 aliphatic rings. The van der Waals surface area contributed by atoms with Gasteiger partial charge in [-0.3, -0.25) is 19.2 Å². The molecule has 4 aromatic rings. The molecule has 0 saturated heterocycles. The third-order valence-corrected chi connectivity index (χ3v) is 11.0. The fourth-order valence-corrected chi connectivity index (χ4v) is 7.70. The third kappa shape index (κ3) is 9.67. The molecule has 4 aromatic carbocycles. The molecule has 0 saturated carbocycles. The van der Waals surface area contributed by atoms with Gasteiger partial charge in [0.05, 0.1) is 24.5 Å². The molecule has 2 N–H and O–H groups in total. The second-order valence-electron chi connectivity index (χ2n) is 12.2. The van der Waals surface area contributed by atoms with Crippen molar-refractivity contribution < 1.29 is 19.2 Å². The number of rotatable bonds is 13. The lowest BCUT2D eigenvalue weighted by Crippen LogP contribution is -2.33. The number of carbonyl (C=O) groups excluding carboxylic acids is 4. The summed E-state index contributed by atoms with van der Waals surface area (Å²) in [6.07, 6.45) is 0.388. The van der Waals surface area contributed by atoms with Gasteiger partial charge >= 0.3 is 0 Å². The molecule has 0 fully saturated rings. The fraction of sp³-hybridized carbons (Fsp3) is 0.238. The molecule has 4 amide bonds. The second kappa shape index (κ2) is 18.2. The van der Waals surface area contributed by atoms with Gasteiger partial charge in [-0.25, -0.2) is 0 Å². The van der Waals surface area contributed by atoms with Crippen molar-refractivity contribution in [2.45, 2.75) is 38.8 Å². The van der Waals surface area contributed by atoms with Gasteiger partial charge < -0.3 is 20.4 Å². The molecule has 0 atom stereocenters. The van der Waals surface area contributed by atoms with Crippen LogP contribution < -0.4 is 20.4 Å². The van der Waals surface area contributed by atoms with Gasteiger partial charge in [0.25, 0.3) is 0 Å². The van der Waals surface area contributed by atoms with Gasteiger partial charge in [0.2, 0.25) is 23.6 Å². The van der Waals surface area contributed by atoms with E-state index in [2.05, 4.69) is 34.3 Å². The highest BCUT2D eigenvalue weighted by Gasteiger charge is 2.23. The minimum atomic E-state index is -0.169. The standard InChI is InChI=1S/C42H38N4O4S2/c47-39(21-23-41(49)45-29-35-13-3-1-9-31(35)17-19-33-11-5-7-15-37(33)45)43-25-27-51-52-28-26-44-40(48)22-24-42(50)46-30-36-14-4-2-10-32(36)18-20-34-12-6-8-16-38(34)46/h1-16H,21-30H2,(H,43,47)(H,44,48). The number of para-hydroxylation sites is 2. The normalized spacial score (nSPS) is 12.3. The molecule has 262 valence electrons. The Balaban J connectivity index is 0.858. The Bertz CT molecular complexity index is 1950. The molecule has 8 nitrogen and oxygen atoms in total. The summed E-state index contributed by atoms with van der Waals surface area (Å²) in [5, 5.41) is 5.80. The van der Waals surface area contributed by atoms with Crippen LogP contribution in [0, 0.1) is 23.7 Å². The van der Waals surface area contributed by atoms with E-state index in [1.165, 1.54) is 0 Å². The summed E-state index contributed by atoms with van der Waals surface area (Å²) in [7, 11) is 3.21. The largest absolute Gasteiger partial charge is 0.355 e. The highest BCUT2D eigenvalue weighted by molar-refractivity contribution is 8.76. The van der Waals surface area contributed by atoms with Crippen LogP contribution in [-0.4, -0.2) is 48.2 Å². The molecule has 0 bridgehead atoms. The average Bonchev–Trinajstić information content (AvgIpc) is 3.15. The Morgan fingerprint density at radius 1 is 0.500 bits per heavy atom. The van der Waals surface area contributed by atoms with Crippen LogP contribution in [0.1, 0.15) is 59.1 Å². The van der Waals surface area contributed by atoms with E-state index in [-0.39, 0.29) is 49.3 Å². The first kappa shape index (κ1) is 36.4. The quantitative estimate of drug-likeness (QED) is 0.0990. The first-order valence-electron chi connectivity index (χ1n) is 17.2. The van der Waals surface area contributed by atoms with Crippen LogP contribution in [-0.2, 0) is 32.3 Å². The van der Waals surface area contributed by atoms with Crippen LogP contribution in [0.3, 0.4) is 0 Å². The maximum absolute atomic E-state index is 13.4. The van der Waals surface area contributed by atoms with E-state index in [4.69, 9.17) is 0 Å². The van der Waals surface area contributed by atoms with Gasteiger partial charge in [0.15, 0.2) is 0 Å². The molecule has 10 heteroatoms. The molecule has 6 rings (SSSR count). The predicted molar refractivity (Wildman–Crippen MR) is 210 cm³/mol. The van der Waals surface area contributed by atoms with Crippen molar-refractivity contribution >= 4 is 56.6 Å². The number of hydrogen-bond acceptors (Lipinski definition) is 6. The highest BCUT2D eigenvalue weighted by Crippen LogP contribution is 2.28. The van der Waals surface area contributed by atoms with E-state index < -0.39 is 0 Å². The highest BCUT2D eigenvalue weighted by atomic mass is 33.1. The van der Waals surface area contributed by atoms with Gasteiger partial charge in [-0.05, 0) is 47.5 Å². The van der Waals surface area contributed by atoms with E-state index in [1.807, 2.05) is 97.1 Å². The first-order chi connectivity index (χ1) is 25.5. The number of fused-ring (bicyclic) bond motifs is 4. The van der Waals surface area contributed by atoms with Crippen molar-refractivity contribution in [3.05, 3.63) is 130 Å². The van der Waals surface area contributed by atoms with Crippen LogP contribution in [0.2, 0.25) is 0 Å². The fourth-order valence-electron chi connectivity index (χ4n) is 5.88. The SMILES string of the molecule is O=C(CCC(=O)N1Cc2ccccc2C#Cc2ccccc21)NCCSSCCNC(=O)CCC(=O)N1Cc2ccccc2C#Cc2ccccc21. The summed E-state index contributed by atoms with van der Waals surface area (Å²) in [5.74, 6) is 13.6. The average molecular weight is 727 g/mol. The lowest BCUT2D eigenvalue weighted by atomic mass is 10.0. The molecule has 0 spiro atoms. The Hall–Kier alpha value is -5.42. The van der Waals surface area contributed by atoms with Crippen LogP contribution >= 0.6 is 21.6 Å². The number of amides is 4. The zero-order chi connectivity index (χ0) is 36.1. The predicted octanol–water partition coefficient (Wildman–Crippen LogP) is 6.05. The minimum Gasteiger partial charge on any atom is -0.355 e. The monoisotopic (exact) mass is 726 g/mol. The number of hydrogen-bond donors (Lipinski definition) is 2. The Kier molecular flexibility index (Phi) is 12.7. The molecule has 0 aromatic heterocycles. The topological polar surface area (TPSA) is 98.8 Å². The molecule has 0 unspecified atom stereocenters. The first-order valence-corrected chi connectivity index (χ1v) is 19.7. The molecular weight excluding hydrogens is 689 g/mol. The Morgan fingerprint density at radius 3 is 1.31 bits per heavy atom. The van der Waals surface area contributed by atoms with E-state index in [1.54, 1.807) is 31.4 Å². The molecule has 52 heavy (non-hydrogen) atoms. The van der Waals surface area contributed by atoms with Gasteiger partial charge in [0, 0.05) is 72.5 Å². The lowest BCUT2D eigenvalue weighted by molar-refractivity contribution is -0.125. The molecular formula is C42H38N4O4S2. The Morgan fingerprint density at radius 2 is 0.865 bits per heavy atom. The van der Waals surface area contributed by atoms with Crippen LogP contribution in [0.15, 0.2) is 97.1 Å². The molecule has 0 radical (unpaired) electrons. The molecule has 2 aliphatic heterocycles. The summed E-state index contributed by atoms with van der Waals surface area (Å²) < 4.78 is 0. The number of carbonyl (C=O) groups is 4. The summed E-state index contributed by atoms with van der Waals surface area (Å²) in [5.41, 5.74) is 6.81. The van der Waals surface area contributed by atoms with Crippen molar-refractivity contribution in [2.24, 2.45) is 0 Å². The van der Waals surface area contributed by atoms with Gasteiger partial charge in [-0.2, -0.15) is 0 Å². The van der Waals surface area contributed by atoms with E-state index in [9.17, 15) is 19.2 Å². The number of nitrogens with zero attached hydrogens (tertiary/aromatic N) is 2. The second-order valence-corrected chi connectivity index (χ2v) is 14.9. The van der Waals surface area contributed by atoms with Gasteiger partial charge in [-0.15, -0.1) is 0 Å². The third-order valence-electron chi connectivity index (χ3n) is 8.58. The number of benzene rings is 4. The summed E-state index contributed by atoms with van der Waals surface area (Å²) >= 11 is 0. The van der Waals surface area contributed by atoms with E-state index in [0.29, 0.717) is 37.7 Å². The summed E-state index contributed by atoms with van der Waals surface area (Å²) in [4.78, 5) is 55.3.